The minimum Gasteiger partial charge on any atom is -0.338 e. The van der Waals surface area contributed by atoms with Crippen molar-refractivity contribution < 1.29 is 9.59 Å². The van der Waals surface area contributed by atoms with Crippen molar-refractivity contribution in [3.63, 3.8) is 0 Å². The highest BCUT2D eigenvalue weighted by molar-refractivity contribution is 6.07. The van der Waals surface area contributed by atoms with Crippen molar-refractivity contribution in [2.75, 3.05) is 13.1 Å². The Morgan fingerprint density at radius 1 is 1.25 bits per heavy atom. The predicted octanol–water partition coefficient (Wildman–Crippen LogP) is 2.09. The van der Waals surface area contributed by atoms with Crippen molar-refractivity contribution in [3.8, 4) is 0 Å². The lowest BCUT2D eigenvalue weighted by Crippen LogP contribution is -2.54. The summed E-state index contributed by atoms with van der Waals surface area (Å²) < 4.78 is 0. The summed E-state index contributed by atoms with van der Waals surface area (Å²) in [5.74, 6) is -0.155. The monoisotopic (exact) mass is 274 g/mol. The van der Waals surface area contributed by atoms with E-state index in [1.807, 2.05) is 4.90 Å². The number of hydrogen-bond donors (Lipinski definition) is 1. The summed E-state index contributed by atoms with van der Waals surface area (Å²) in [5, 5.41) is 0. The van der Waals surface area contributed by atoms with Gasteiger partial charge in [-0.2, -0.15) is 0 Å². The molecule has 1 aromatic carbocycles. The number of rotatable bonds is 2. The Kier molecular flexibility index (Phi) is 3.95. The van der Waals surface area contributed by atoms with Crippen molar-refractivity contribution in [2.24, 2.45) is 11.1 Å². The zero-order chi connectivity index (χ0) is 14.9. The molecule has 0 aromatic heterocycles. The van der Waals surface area contributed by atoms with Gasteiger partial charge >= 0.3 is 0 Å². The summed E-state index contributed by atoms with van der Waals surface area (Å²) in [4.78, 5) is 26.1. The minimum absolute atomic E-state index is 0.0734. The first-order valence-corrected chi connectivity index (χ1v) is 6.98. The molecule has 1 aliphatic rings. The maximum absolute atomic E-state index is 12.7. The van der Waals surface area contributed by atoms with Gasteiger partial charge in [0.05, 0.1) is 5.56 Å². The maximum atomic E-state index is 12.7. The molecule has 1 unspecified atom stereocenters. The zero-order valence-electron chi connectivity index (χ0n) is 12.3. The summed E-state index contributed by atoms with van der Waals surface area (Å²) in [7, 11) is 0. The number of likely N-dealkylation sites (tertiary alicyclic amines) is 1. The van der Waals surface area contributed by atoms with E-state index in [0.29, 0.717) is 24.2 Å². The highest BCUT2D eigenvalue weighted by atomic mass is 16.2. The summed E-state index contributed by atoms with van der Waals surface area (Å²) >= 11 is 0. The van der Waals surface area contributed by atoms with E-state index < -0.39 is 0 Å². The maximum Gasteiger partial charge on any atom is 0.254 e. The van der Waals surface area contributed by atoms with Gasteiger partial charge in [-0.15, -0.1) is 0 Å². The van der Waals surface area contributed by atoms with Crippen LogP contribution < -0.4 is 5.73 Å². The molecule has 108 valence electrons. The largest absolute Gasteiger partial charge is 0.338 e. The quantitative estimate of drug-likeness (QED) is 0.840. The van der Waals surface area contributed by atoms with E-state index in [4.69, 9.17) is 5.73 Å². The number of hydrogen-bond acceptors (Lipinski definition) is 3. The lowest BCUT2D eigenvalue weighted by Gasteiger charge is -2.42. The molecule has 1 amide bonds. The van der Waals surface area contributed by atoms with Crippen molar-refractivity contribution in [1.29, 1.82) is 0 Å². The fourth-order valence-corrected chi connectivity index (χ4v) is 2.69. The highest BCUT2D eigenvalue weighted by Gasteiger charge is 2.36. The van der Waals surface area contributed by atoms with Gasteiger partial charge in [0.2, 0.25) is 0 Å². The average Bonchev–Trinajstić information content (AvgIpc) is 2.41. The number of benzene rings is 1. The molecule has 0 bridgehead atoms. The smallest absolute Gasteiger partial charge is 0.254 e. The van der Waals surface area contributed by atoms with Crippen LogP contribution in [0.5, 0.6) is 0 Å². The molecule has 1 aliphatic heterocycles. The summed E-state index contributed by atoms with van der Waals surface area (Å²) in [6.07, 6.45) is 0.793. The van der Waals surface area contributed by atoms with Crippen LogP contribution in [-0.2, 0) is 0 Å². The fraction of sp³-hybridized carbons (Fsp3) is 0.500. The van der Waals surface area contributed by atoms with Crippen LogP contribution in [0.4, 0.5) is 0 Å². The molecule has 0 saturated carbocycles. The Balaban J connectivity index is 2.27. The number of piperidine rings is 1. The summed E-state index contributed by atoms with van der Waals surface area (Å²) in [6.45, 7) is 6.92. The third kappa shape index (κ3) is 2.75. The van der Waals surface area contributed by atoms with Crippen LogP contribution in [0.1, 0.15) is 47.9 Å². The van der Waals surface area contributed by atoms with Gasteiger partial charge in [0.15, 0.2) is 5.78 Å². The van der Waals surface area contributed by atoms with Crippen molar-refractivity contribution in [3.05, 3.63) is 35.4 Å². The molecule has 1 aromatic rings. The minimum atomic E-state index is -0.0981. The molecule has 1 fully saturated rings. The van der Waals surface area contributed by atoms with E-state index in [0.717, 1.165) is 6.42 Å². The van der Waals surface area contributed by atoms with Crippen molar-refractivity contribution >= 4 is 11.7 Å². The highest BCUT2D eigenvalue weighted by Crippen LogP contribution is 2.29. The van der Waals surface area contributed by atoms with Crippen molar-refractivity contribution in [1.82, 2.24) is 4.90 Å². The summed E-state index contributed by atoms with van der Waals surface area (Å²) in [5.41, 5.74) is 6.98. The summed E-state index contributed by atoms with van der Waals surface area (Å²) in [6, 6.07) is 7.11. The zero-order valence-corrected chi connectivity index (χ0v) is 12.3. The average molecular weight is 274 g/mol. The molecule has 4 heteroatoms. The number of ketones is 1. The first kappa shape index (κ1) is 14.7. The Morgan fingerprint density at radius 3 is 2.40 bits per heavy atom. The third-order valence-electron chi connectivity index (χ3n) is 4.14. The van der Waals surface area contributed by atoms with E-state index >= 15 is 0 Å². The molecule has 0 aliphatic carbocycles. The Bertz CT molecular complexity index is 537. The van der Waals surface area contributed by atoms with E-state index in [9.17, 15) is 9.59 Å². The van der Waals surface area contributed by atoms with Gasteiger partial charge in [0.1, 0.15) is 0 Å². The second-order valence-electron chi connectivity index (χ2n) is 6.21. The van der Waals surface area contributed by atoms with Gasteiger partial charge in [0, 0.05) is 24.7 Å². The van der Waals surface area contributed by atoms with Gasteiger partial charge in [-0.1, -0.05) is 32.0 Å². The SMILES string of the molecule is CC(=O)c1ccccc1C(=O)N1CCC(N)C(C)(C)C1. The normalized spacial score (nSPS) is 21.6. The fourth-order valence-electron chi connectivity index (χ4n) is 2.69. The first-order chi connectivity index (χ1) is 9.33. The lowest BCUT2D eigenvalue weighted by molar-refractivity contribution is 0.0530. The Labute approximate surface area is 119 Å². The van der Waals surface area contributed by atoms with Crippen LogP contribution in [0.15, 0.2) is 24.3 Å². The van der Waals surface area contributed by atoms with Gasteiger partial charge in [-0.05, 0) is 24.8 Å². The van der Waals surface area contributed by atoms with Crippen LogP contribution in [0.2, 0.25) is 0 Å². The third-order valence-corrected chi connectivity index (χ3v) is 4.14. The van der Waals surface area contributed by atoms with E-state index in [1.54, 1.807) is 24.3 Å². The number of nitrogens with two attached hydrogens (primary N) is 1. The topological polar surface area (TPSA) is 63.4 Å². The van der Waals surface area contributed by atoms with Crippen LogP contribution in [0.25, 0.3) is 0 Å². The van der Waals surface area contributed by atoms with Crippen LogP contribution in [0, 0.1) is 5.41 Å². The molecule has 1 heterocycles. The first-order valence-electron chi connectivity index (χ1n) is 6.98. The molecular formula is C16H22N2O2. The molecule has 1 saturated heterocycles. The molecule has 0 spiro atoms. The van der Waals surface area contributed by atoms with Gasteiger partial charge in [-0.25, -0.2) is 0 Å². The molecule has 1 atom stereocenters. The van der Waals surface area contributed by atoms with Crippen LogP contribution in [0.3, 0.4) is 0 Å². The van der Waals surface area contributed by atoms with E-state index in [1.165, 1.54) is 6.92 Å². The Hall–Kier alpha value is -1.68. The number of Topliss-reactive ketones (excluding diaryl/α,β-unsaturated/α-hetero) is 1. The second-order valence-corrected chi connectivity index (χ2v) is 6.21. The molecular weight excluding hydrogens is 252 g/mol. The van der Waals surface area contributed by atoms with E-state index in [-0.39, 0.29) is 23.1 Å². The lowest BCUT2D eigenvalue weighted by atomic mass is 9.79. The Morgan fingerprint density at radius 2 is 1.85 bits per heavy atom. The van der Waals surface area contributed by atoms with Gasteiger partial charge in [-0.3, -0.25) is 9.59 Å². The predicted molar refractivity (Wildman–Crippen MR) is 78.7 cm³/mol. The molecule has 2 N–H and O–H groups in total. The molecule has 20 heavy (non-hydrogen) atoms. The number of carbonyl (C=O) groups excluding carboxylic acids is 2. The van der Waals surface area contributed by atoms with Crippen LogP contribution in [-0.4, -0.2) is 35.7 Å². The molecule has 0 radical (unpaired) electrons. The second kappa shape index (κ2) is 5.37. The van der Waals surface area contributed by atoms with Crippen LogP contribution >= 0.6 is 0 Å². The molecule has 4 nitrogen and oxygen atoms in total. The number of amides is 1. The standard InChI is InChI=1S/C16H22N2O2/c1-11(19)12-6-4-5-7-13(12)15(20)18-9-8-14(17)16(2,3)10-18/h4-7,14H,8-10,17H2,1-3H3. The van der Waals surface area contributed by atoms with Crippen molar-refractivity contribution in [2.45, 2.75) is 33.2 Å². The van der Waals surface area contributed by atoms with E-state index in [2.05, 4.69) is 13.8 Å². The number of nitrogens with zero attached hydrogens (tertiary/aromatic N) is 1. The van der Waals surface area contributed by atoms with Gasteiger partial charge < -0.3 is 10.6 Å². The molecule has 2 rings (SSSR count). The number of carbonyl (C=O) groups is 2. The van der Waals surface area contributed by atoms with Gasteiger partial charge in [0.25, 0.3) is 5.91 Å².